The molecule has 1 aromatic carbocycles. The van der Waals surface area contributed by atoms with E-state index < -0.39 is 0 Å². The van der Waals surface area contributed by atoms with E-state index >= 15 is 0 Å². The van der Waals surface area contributed by atoms with Gasteiger partial charge in [-0.2, -0.15) is 0 Å². The van der Waals surface area contributed by atoms with Crippen LogP contribution in [-0.4, -0.2) is 46.4 Å². The number of nitrogens with zero attached hydrogens (tertiary/aromatic N) is 3. The van der Waals surface area contributed by atoms with Crippen molar-refractivity contribution in [3.63, 3.8) is 0 Å². The lowest BCUT2D eigenvalue weighted by Crippen LogP contribution is -2.55. The minimum absolute atomic E-state index is 0.104. The van der Waals surface area contributed by atoms with Gasteiger partial charge >= 0.3 is 0 Å². The van der Waals surface area contributed by atoms with E-state index in [2.05, 4.69) is 20.9 Å². The van der Waals surface area contributed by atoms with E-state index in [9.17, 15) is 4.79 Å². The molecule has 3 heterocycles. The molecule has 5 heteroatoms. The van der Waals surface area contributed by atoms with E-state index in [0.29, 0.717) is 17.0 Å². The number of fused-ring (bicyclic) bond motifs is 1. The number of hydrogen-bond donors (Lipinski definition) is 0. The first-order chi connectivity index (χ1) is 13.7. The molecule has 0 N–H and O–H groups in total. The second kappa shape index (κ2) is 8.89. The lowest BCUT2D eigenvalue weighted by Gasteiger charge is -2.47. The van der Waals surface area contributed by atoms with Gasteiger partial charge in [0.25, 0.3) is 0 Å². The first kappa shape index (κ1) is 19.2. The largest absolute Gasteiger partial charge is 0.336 e. The van der Waals surface area contributed by atoms with Crippen molar-refractivity contribution in [1.29, 1.82) is 0 Å². The third-order valence-electron chi connectivity index (χ3n) is 5.86. The molecule has 0 bridgehead atoms. The van der Waals surface area contributed by atoms with Gasteiger partial charge < -0.3 is 4.90 Å². The highest BCUT2D eigenvalue weighted by Gasteiger charge is 2.37. The number of piperidine rings is 2. The molecule has 0 aliphatic carbocycles. The van der Waals surface area contributed by atoms with Gasteiger partial charge in [-0.15, -0.1) is 0 Å². The molecular weight excluding hydrogens is 370 g/mol. The van der Waals surface area contributed by atoms with Crippen molar-refractivity contribution >= 4 is 23.6 Å². The number of amides is 1. The van der Waals surface area contributed by atoms with Crippen LogP contribution in [0.2, 0.25) is 5.02 Å². The highest BCUT2D eigenvalue weighted by atomic mass is 35.5. The quantitative estimate of drug-likeness (QED) is 0.725. The molecule has 146 valence electrons. The highest BCUT2D eigenvalue weighted by Crippen LogP contribution is 2.31. The van der Waals surface area contributed by atoms with Crippen molar-refractivity contribution in [2.24, 2.45) is 5.92 Å². The van der Waals surface area contributed by atoms with Gasteiger partial charge in [0, 0.05) is 49.5 Å². The van der Waals surface area contributed by atoms with Gasteiger partial charge in [-0.05, 0) is 55.0 Å². The van der Waals surface area contributed by atoms with Gasteiger partial charge in [-0.25, -0.2) is 0 Å². The Labute approximate surface area is 171 Å². The zero-order valence-electron chi connectivity index (χ0n) is 16.0. The fourth-order valence-corrected chi connectivity index (χ4v) is 4.68. The normalized spacial score (nSPS) is 23.0. The van der Waals surface area contributed by atoms with Crippen LogP contribution in [0.15, 0.2) is 54.7 Å². The predicted octanol–water partition coefficient (Wildman–Crippen LogP) is 4.26. The Morgan fingerprint density at radius 3 is 2.82 bits per heavy atom. The van der Waals surface area contributed by atoms with E-state index in [4.69, 9.17) is 11.6 Å². The van der Waals surface area contributed by atoms with Crippen LogP contribution in [0.3, 0.4) is 0 Å². The number of pyridine rings is 1. The first-order valence-electron chi connectivity index (χ1n) is 10.1. The number of carbonyl (C=O) groups is 1. The van der Waals surface area contributed by atoms with Gasteiger partial charge in [-0.3, -0.25) is 14.7 Å². The number of benzene rings is 1. The Morgan fingerprint density at radius 2 is 2.00 bits per heavy atom. The molecule has 2 saturated heterocycles. The molecule has 0 unspecified atom stereocenters. The summed E-state index contributed by atoms with van der Waals surface area (Å²) in [7, 11) is 0. The van der Waals surface area contributed by atoms with E-state index in [-0.39, 0.29) is 5.91 Å². The predicted molar refractivity (Wildman–Crippen MR) is 113 cm³/mol. The van der Waals surface area contributed by atoms with Crippen LogP contribution in [0.25, 0.3) is 6.08 Å². The molecule has 2 aliphatic rings. The van der Waals surface area contributed by atoms with Crippen LogP contribution in [-0.2, 0) is 11.3 Å². The Bertz CT molecular complexity index is 839. The van der Waals surface area contributed by atoms with Crippen LogP contribution >= 0.6 is 11.6 Å². The highest BCUT2D eigenvalue weighted by molar-refractivity contribution is 6.32. The number of likely N-dealkylation sites (tertiary alicyclic amines) is 2. The van der Waals surface area contributed by atoms with Crippen molar-refractivity contribution in [1.82, 2.24) is 14.8 Å². The fraction of sp³-hybridized carbons (Fsp3) is 0.391. The smallest absolute Gasteiger partial charge is 0.246 e. The third kappa shape index (κ3) is 4.45. The van der Waals surface area contributed by atoms with Crippen LogP contribution in [0.4, 0.5) is 0 Å². The van der Waals surface area contributed by atoms with Crippen molar-refractivity contribution in [3.05, 3.63) is 71.0 Å². The molecule has 2 atom stereocenters. The number of rotatable bonds is 4. The molecule has 2 aromatic rings. The summed E-state index contributed by atoms with van der Waals surface area (Å²) in [4.78, 5) is 21.9. The fourth-order valence-electron chi connectivity index (χ4n) is 4.48. The summed E-state index contributed by atoms with van der Waals surface area (Å²) in [5.41, 5.74) is 2.00. The molecule has 0 spiro atoms. The van der Waals surface area contributed by atoms with Gasteiger partial charge in [0.15, 0.2) is 0 Å². The maximum atomic E-state index is 12.9. The average molecular weight is 396 g/mol. The van der Waals surface area contributed by atoms with E-state index in [1.54, 1.807) is 6.08 Å². The van der Waals surface area contributed by atoms with Crippen LogP contribution < -0.4 is 0 Å². The number of aromatic nitrogens is 1. The zero-order valence-corrected chi connectivity index (χ0v) is 16.8. The molecule has 0 saturated carbocycles. The van der Waals surface area contributed by atoms with Gasteiger partial charge in [0.2, 0.25) is 5.91 Å². The topological polar surface area (TPSA) is 36.4 Å². The number of hydrogen-bond acceptors (Lipinski definition) is 3. The second-order valence-electron chi connectivity index (χ2n) is 7.70. The van der Waals surface area contributed by atoms with Gasteiger partial charge in [-0.1, -0.05) is 35.9 Å². The summed E-state index contributed by atoms with van der Waals surface area (Å²) in [6.45, 7) is 3.80. The Hall–Kier alpha value is -2.17. The Balaban J connectivity index is 1.39. The SMILES string of the molecule is O=C(/C=C/c1ccccc1Cl)N1CCC[C@@H]2CN(Cc3ccccn3)CC[C@@H]21. The van der Waals surface area contributed by atoms with Crippen molar-refractivity contribution in [2.45, 2.75) is 31.8 Å². The van der Waals surface area contributed by atoms with E-state index in [1.165, 1.54) is 6.42 Å². The molecule has 2 aliphatic heterocycles. The van der Waals surface area contributed by atoms with Gasteiger partial charge in [0.1, 0.15) is 0 Å². The Kier molecular flexibility index (Phi) is 6.08. The van der Waals surface area contributed by atoms with E-state index in [1.807, 2.05) is 48.7 Å². The molecule has 1 amide bonds. The summed E-state index contributed by atoms with van der Waals surface area (Å²) in [5.74, 6) is 0.650. The summed E-state index contributed by atoms with van der Waals surface area (Å²) >= 11 is 6.20. The van der Waals surface area contributed by atoms with Crippen LogP contribution in [0.5, 0.6) is 0 Å². The number of carbonyl (C=O) groups excluding carboxylic acids is 1. The minimum atomic E-state index is 0.104. The lowest BCUT2D eigenvalue weighted by atomic mass is 9.83. The lowest BCUT2D eigenvalue weighted by molar-refractivity contribution is -0.133. The molecular formula is C23H26ClN3O. The Morgan fingerprint density at radius 1 is 1.14 bits per heavy atom. The average Bonchev–Trinajstić information content (AvgIpc) is 2.73. The standard InChI is InChI=1S/C23H26ClN3O/c24-21-9-2-1-6-18(21)10-11-23(28)27-14-5-7-19-16-26(15-12-22(19)27)17-20-8-3-4-13-25-20/h1-4,6,8-11,13,19,22H,5,7,12,14-17H2/b11-10+/t19-,22+/m1/s1. The van der Waals surface area contributed by atoms with Gasteiger partial charge in [0.05, 0.1) is 5.69 Å². The van der Waals surface area contributed by atoms with Crippen molar-refractivity contribution < 1.29 is 4.79 Å². The molecule has 4 rings (SSSR count). The second-order valence-corrected chi connectivity index (χ2v) is 8.11. The maximum absolute atomic E-state index is 12.9. The number of halogens is 1. The maximum Gasteiger partial charge on any atom is 0.246 e. The zero-order chi connectivity index (χ0) is 19.3. The minimum Gasteiger partial charge on any atom is -0.336 e. The third-order valence-corrected chi connectivity index (χ3v) is 6.20. The molecule has 2 fully saturated rings. The summed E-state index contributed by atoms with van der Waals surface area (Å²) < 4.78 is 0. The molecule has 28 heavy (non-hydrogen) atoms. The summed E-state index contributed by atoms with van der Waals surface area (Å²) in [5, 5.41) is 0.672. The van der Waals surface area contributed by atoms with Crippen molar-refractivity contribution in [2.75, 3.05) is 19.6 Å². The summed E-state index contributed by atoms with van der Waals surface area (Å²) in [6.07, 6.45) is 8.68. The summed E-state index contributed by atoms with van der Waals surface area (Å²) in [6, 6.07) is 14.0. The van der Waals surface area contributed by atoms with E-state index in [0.717, 1.165) is 50.3 Å². The van der Waals surface area contributed by atoms with Crippen LogP contribution in [0.1, 0.15) is 30.5 Å². The first-order valence-corrected chi connectivity index (χ1v) is 10.4. The molecule has 4 nitrogen and oxygen atoms in total. The molecule has 1 aromatic heterocycles. The molecule has 0 radical (unpaired) electrons. The van der Waals surface area contributed by atoms with Crippen molar-refractivity contribution in [3.8, 4) is 0 Å². The monoisotopic (exact) mass is 395 g/mol. The van der Waals surface area contributed by atoms with Crippen LogP contribution in [0, 0.1) is 5.92 Å².